The third-order valence-electron chi connectivity index (χ3n) is 3.81. The van der Waals surface area contributed by atoms with Gasteiger partial charge in [-0.15, -0.1) is 0 Å². The largest absolute Gasteiger partial charge is 0.449 e. The maximum absolute atomic E-state index is 12.5. The second-order valence-corrected chi connectivity index (χ2v) is 6.00. The number of nitrogens with zero attached hydrogens (tertiary/aromatic N) is 1. The van der Waals surface area contributed by atoms with Crippen LogP contribution < -0.4 is 5.32 Å². The van der Waals surface area contributed by atoms with Gasteiger partial charge < -0.3 is 14.5 Å². The van der Waals surface area contributed by atoms with Crippen molar-refractivity contribution in [2.24, 2.45) is 0 Å². The lowest BCUT2D eigenvalue weighted by atomic mass is 10.2. The Morgan fingerprint density at radius 1 is 1.14 bits per heavy atom. The Hall–Kier alpha value is -3.62. The molecule has 1 heterocycles. The lowest BCUT2D eigenvalue weighted by molar-refractivity contribution is -0.148. The molecule has 3 rings (SSSR count). The van der Waals surface area contributed by atoms with Crippen molar-refractivity contribution in [3.8, 4) is 0 Å². The lowest BCUT2D eigenvalue weighted by Crippen LogP contribution is -2.29. The number of esters is 1. The molecule has 0 aliphatic heterocycles. The second kappa shape index (κ2) is 8.17. The molecular formula is C20H15F3N2O4. The van der Waals surface area contributed by atoms with Crippen LogP contribution in [0.5, 0.6) is 0 Å². The van der Waals surface area contributed by atoms with Crippen LogP contribution in [0.3, 0.4) is 0 Å². The Morgan fingerprint density at radius 2 is 1.83 bits per heavy atom. The van der Waals surface area contributed by atoms with Gasteiger partial charge in [0.25, 0.3) is 5.91 Å². The highest BCUT2D eigenvalue weighted by Gasteiger charge is 2.30. The van der Waals surface area contributed by atoms with Crippen molar-refractivity contribution in [2.75, 3.05) is 5.32 Å². The molecule has 0 fully saturated rings. The zero-order valence-electron chi connectivity index (χ0n) is 15.1. The zero-order valence-corrected chi connectivity index (χ0v) is 15.1. The van der Waals surface area contributed by atoms with E-state index in [4.69, 9.17) is 9.15 Å². The quantitative estimate of drug-likeness (QED) is 0.503. The van der Waals surface area contributed by atoms with Gasteiger partial charge in [-0.2, -0.15) is 13.2 Å². The van der Waals surface area contributed by atoms with E-state index in [0.29, 0.717) is 11.1 Å². The third-order valence-corrected chi connectivity index (χ3v) is 3.81. The van der Waals surface area contributed by atoms with E-state index in [1.54, 1.807) is 24.3 Å². The summed E-state index contributed by atoms with van der Waals surface area (Å²) in [7, 11) is 0. The number of para-hydroxylation sites is 2. The van der Waals surface area contributed by atoms with E-state index >= 15 is 0 Å². The molecule has 29 heavy (non-hydrogen) atoms. The monoisotopic (exact) mass is 404 g/mol. The normalized spacial score (nSPS) is 12.8. The molecule has 1 aromatic heterocycles. The number of benzene rings is 2. The van der Waals surface area contributed by atoms with E-state index in [1.807, 2.05) is 0 Å². The highest BCUT2D eigenvalue weighted by Crippen LogP contribution is 2.29. The highest BCUT2D eigenvalue weighted by atomic mass is 19.4. The van der Waals surface area contributed by atoms with Gasteiger partial charge in [0.05, 0.1) is 5.56 Å². The molecule has 3 aromatic rings. The number of fused-ring (bicyclic) bond motifs is 1. The predicted molar refractivity (Wildman–Crippen MR) is 98.7 cm³/mol. The maximum atomic E-state index is 12.5. The van der Waals surface area contributed by atoms with Gasteiger partial charge in [-0.05, 0) is 43.3 Å². The summed E-state index contributed by atoms with van der Waals surface area (Å²) >= 11 is 0. The number of halogens is 3. The minimum absolute atomic E-state index is 0.146. The summed E-state index contributed by atoms with van der Waals surface area (Å²) in [6, 6.07) is 11.0. The van der Waals surface area contributed by atoms with Crippen LogP contribution in [-0.4, -0.2) is 23.0 Å². The maximum Gasteiger partial charge on any atom is 0.416 e. The van der Waals surface area contributed by atoms with Crippen molar-refractivity contribution < 1.29 is 31.9 Å². The van der Waals surface area contributed by atoms with Crippen LogP contribution in [0.2, 0.25) is 0 Å². The van der Waals surface area contributed by atoms with Gasteiger partial charge in [0.1, 0.15) is 5.52 Å². The first-order chi connectivity index (χ1) is 13.7. The van der Waals surface area contributed by atoms with E-state index in [-0.39, 0.29) is 11.6 Å². The van der Waals surface area contributed by atoms with Gasteiger partial charge in [-0.1, -0.05) is 12.1 Å². The zero-order chi connectivity index (χ0) is 21.0. The van der Waals surface area contributed by atoms with Crippen LogP contribution in [0.15, 0.2) is 59.0 Å². The summed E-state index contributed by atoms with van der Waals surface area (Å²) in [6.45, 7) is 1.34. The van der Waals surface area contributed by atoms with Gasteiger partial charge >= 0.3 is 12.1 Å². The molecule has 1 atom stereocenters. The molecule has 0 saturated heterocycles. The van der Waals surface area contributed by atoms with Gasteiger partial charge in [0.2, 0.25) is 5.89 Å². The second-order valence-electron chi connectivity index (χ2n) is 6.00. The van der Waals surface area contributed by atoms with Crippen molar-refractivity contribution in [3.63, 3.8) is 0 Å². The number of amides is 1. The van der Waals surface area contributed by atoms with Gasteiger partial charge in [-0.25, -0.2) is 9.78 Å². The summed E-state index contributed by atoms with van der Waals surface area (Å²) in [5.74, 6) is -1.29. The molecule has 0 aliphatic rings. The van der Waals surface area contributed by atoms with Crippen LogP contribution in [0.25, 0.3) is 17.2 Å². The number of carbonyl (C=O) groups excluding carboxylic acids is 2. The van der Waals surface area contributed by atoms with Crippen LogP contribution in [0.1, 0.15) is 18.4 Å². The number of alkyl halides is 3. The Balaban J connectivity index is 1.55. The molecule has 6 nitrogen and oxygen atoms in total. The number of oxazole rings is 1. The lowest BCUT2D eigenvalue weighted by Gasteiger charge is -2.13. The first kappa shape index (κ1) is 20.1. The molecule has 2 aromatic carbocycles. The highest BCUT2D eigenvalue weighted by molar-refractivity contribution is 5.96. The summed E-state index contributed by atoms with van der Waals surface area (Å²) in [5.41, 5.74) is 0.502. The number of nitrogens with one attached hydrogen (secondary N) is 1. The minimum atomic E-state index is -4.47. The van der Waals surface area contributed by atoms with Crippen LogP contribution in [-0.2, 0) is 20.5 Å². The van der Waals surface area contributed by atoms with Crippen LogP contribution >= 0.6 is 0 Å². The fourth-order valence-electron chi connectivity index (χ4n) is 2.35. The number of carbonyl (C=O) groups is 2. The summed E-state index contributed by atoms with van der Waals surface area (Å²) in [4.78, 5) is 28.1. The average Bonchev–Trinajstić information content (AvgIpc) is 3.09. The fourth-order valence-corrected chi connectivity index (χ4v) is 2.35. The predicted octanol–water partition coefficient (Wildman–Crippen LogP) is 4.43. The molecule has 0 radical (unpaired) electrons. The van der Waals surface area contributed by atoms with Crippen molar-refractivity contribution in [3.05, 3.63) is 66.1 Å². The first-order valence-electron chi connectivity index (χ1n) is 8.45. The van der Waals surface area contributed by atoms with E-state index in [0.717, 1.165) is 30.3 Å². The first-order valence-corrected chi connectivity index (χ1v) is 8.45. The van der Waals surface area contributed by atoms with Crippen molar-refractivity contribution in [1.29, 1.82) is 0 Å². The fraction of sp³-hybridized carbons (Fsp3) is 0.150. The van der Waals surface area contributed by atoms with E-state index in [9.17, 15) is 22.8 Å². The van der Waals surface area contributed by atoms with Gasteiger partial charge in [0, 0.05) is 17.8 Å². The van der Waals surface area contributed by atoms with Gasteiger partial charge in [-0.3, -0.25) is 4.79 Å². The number of rotatable bonds is 5. The molecule has 0 aliphatic carbocycles. The third kappa shape index (κ3) is 5.22. The molecule has 0 bridgehead atoms. The number of hydrogen-bond donors (Lipinski definition) is 1. The standard InChI is InChI=1S/C20H15F3N2O4/c1-12(19(27)24-14-8-6-13(7-9-14)20(21,22)23)28-18(26)11-10-17-25-15-4-2-3-5-16(15)29-17/h2-12H,1H3,(H,24,27)/b11-10+/t12-/m1/s1. The smallest absolute Gasteiger partial charge is 0.416 e. The number of ether oxygens (including phenoxy) is 1. The summed E-state index contributed by atoms with van der Waals surface area (Å²) < 4.78 is 48.0. The molecule has 1 amide bonds. The van der Waals surface area contributed by atoms with Crippen LogP contribution in [0.4, 0.5) is 18.9 Å². The molecule has 0 unspecified atom stereocenters. The Morgan fingerprint density at radius 3 is 2.48 bits per heavy atom. The topological polar surface area (TPSA) is 81.4 Å². The van der Waals surface area contributed by atoms with Crippen LogP contribution in [0, 0.1) is 0 Å². The molecule has 0 spiro atoms. The molecule has 0 saturated carbocycles. The van der Waals surface area contributed by atoms with E-state index in [2.05, 4.69) is 10.3 Å². The minimum Gasteiger partial charge on any atom is -0.449 e. The molecular weight excluding hydrogens is 389 g/mol. The Bertz CT molecular complexity index is 1020. The Kier molecular flexibility index (Phi) is 5.67. The summed E-state index contributed by atoms with van der Waals surface area (Å²) in [5, 5.41) is 2.38. The number of aromatic nitrogens is 1. The van der Waals surface area contributed by atoms with E-state index in [1.165, 1.54) is 13.0 Å². The van der Waals surface area contributed by atoms with Gasteiger partial charge in [0.15, 0.2) is 11.7 Å². The molecule has 1 N–H and O–H groups in total. The van der Waals surface area contributed by atoms with Crippen molar-refractivity contribution in [1.82, 2.24) is 4.98 Å². The van der Waals surface area contributed by atoms with Crippen molar-refractivity contribution in [2.45, 2.75) is 19.2 Å². The van der Waals surface area contributed by atoms with E-state index < -0.39 is 29.7 Å². The Labute approximate surface area is 163 Å². The average molecular weight is 404 g/mol. The molecule has 150 valence electrons. The van der Waals surface area contributed by atoms with Crippen molar-refractivity contribution >= 4 is 34.7 Å². The SMILES string of the molecule is C[C@@H](OC(=O)/C=C/c1nc2ccccc2o1)C(=O)Nc1ccc(C(F)(F)F)cc1. The summed E-state index contributed by atoms with van der Waals surface area (Å²) in [6.07, 6.45) is -3.26. The number of hydrogen-bond acceptors (Lipinski definition) is 5. The number of anilines is 1. The molecule has 9 heteroatoms.